The normalized spacial score (nSPS) is 13.9. The summed E-state index contributed by atoms with van der Waals surface area (Å²) in [5.41, 5.74) is 6.66. The predicted octanol–water partition coefficient (Wildman–Crippen LogP) is 2.93. The van der Waals surface area contributed by atoms with Crippen LogP contribution in [0.2, 0.25) is 0 Å². The number of amides is 1. The maximum Gasteiger partial charge on any atom is 0.228 e. The van der Waals surface area contributed by atoms with Gasteiger partial charge >= 0.3 is 0 Å². The molecule has 4 rings (SSSR count). The molecule has 8 nitrogen and oxygen atoms in total. The fourth-order valence-electron chi connectivity index (χ4n) is 3.94. The molecule has 1 fully saturated rings. The summed E-state index contributed by atoms with van der Waals surface area (Å²) in [5.74, 6) is -2.16. The minimum atomic E-state index is -0.930. The highest BCUT2D eigenvalue weighted by Crippen LogP contribution is 2.37. The number of nitrogen functional groups attached to an aromatic ring is 1. The van der Waals surface area contributed by atoms with Crippen LogP contribution < -0.4 is 20.1 Å². The van der Waals surface area contributed by atoms with Crippen LogP contribution >= 0.6 is 0 Å². The molecule has 11 heteroatoms. The van der Waals surface area contributed by atoms with E-state index in [1.54, 1.807) is 4.90 Å². The monoisotopic (exact) mass is 475 g/mol. The first-order valence-electron chi connectivity index (χ1n) is 10.7. The number of fused-ring (bicyclic) bond motifs is 1. The zero-order valence-corrected chi connectivity index (χ0v) is 18.8. The lowest BCUT2D eigenvalue weighted by atomic mass is 10.1. The molecular weight excluding hydrogens is 451 g/mol. The first-order chi connectivity index (χ1) is 16.3. The molecule has 0 atom stereocenters. The Hall–Kier alpha value is -3.76. The summed E-state index contributed by atoms with van der Waals surface area (Å²) in [7, 11) is 2.73. The smallest absolute Gasteiger partial charge is 0.228 e. The van der Waals surface area contributed by atoms with Gasteiger partial charge in [-0.2, -0.15) is 4.98 Å². The third-order valence-corrected chi connectivity index (χ3v) is 5.82. The van der Waals surface area contributed by atoms with E-state index in [0.29, 0.717) is 43.5 Å². The van der Waals surface area contributed by atoms with Gasteiger partial charge in [0.05, 0.1) is 14.2 Å². The van der Waals surface area contributed by atoms with E-state index in [1.807, 2.05) is 4.90 Å². The molecule has 2 aromatic carbocycles. The van der Waals surface area contributed by atoms with Crippen molar-refractivity contribution in [1.29, 1.82) is 0 Å². The van der Waals surface area contributed by atoms with Crippen LogP contribution in [0.1, 0.15) is 12.0 Å². The van der Waals surface area contributed by atoms with E-state index in [9.17, 15) is 13.6 Å². The Balaban J connectivity index is 1.44. The number of ether oxygens (including phenoxy) is 2. The number of hydrogen-bond acceptors (Lipinski definition) is 7. The number of halogens is 3. The summed E-state index contributed by atoms with van der Waals surface area (Å²) >= 11 is 0. The Kier molecular flexibility index (Phi) is 6.62. The summed E-state index contributed by atoms with van der Waals surface area (Å²) < 4.78 is 51.7. The Morgan fingerprint density at radius 3 is 2.41 bits per heavy atom. The molecule has 0 spiro atoms. The van der Waals surface area contributed by atoms with Gasteiger partial charge in [-0.3, -0.25) is 4.79 Å². The molecule has 1 saturated heterocycles. The standard InChI is InChI=1S/C23H24F3N5O3/c1-33-17-12-14-20(19(26)21(17)34-2)28-23(29-22(14)27)31-9-7-30(8-10-31)18(32)6-4-13-3-5-15(24)16(25)11-13/h3,5,11-12H,4,6-10H2,1-2H3,(H2,27,28,29). The van der Waals surface area contributed by atoms with E-state index in [1.165, 1.54) is 26.4 Å². The number of nitrogens with zero attached hydrogens (tertiary/aromatic N) is 4. The lowest BCUT2D eigenvalue weighted by Crippen LogP contribution is -2.49. The van der Waals surface area contributed by atoms with Crippen molar-refractivity contribution in [2.75, 3.05) is 51.0 Å². The Morgan fingerprint density at radius 2 is 1.76 bits per heavy atom. The van der Waals surface area contributed by atoms with Gasteiger partial charge in [0, 0.05) is 38.0 Å². The third kappa shape index (κ3) is 4.50. The molecule has 2 heterocycles. The maximum atomic E-state index is 15.0. The van der Waals surface area contributed by atoms with Crippen molar-refractivity contribution >= 4 is 28.6 Å². The molecule has 0 saturated carbocycles. The van der Waals surface area contributed by atoms with Crippen LogP contribution in [0.4, 0.5) is 24.9 Å². The number of aromatic nitrogens is 2. The SMILES string of the molecule is COc1cc2c(N)nc(N3CCN(C(=O)CCc4ccc(F)c(F)c4)CC3)nc2c(F)c1OC. The second-order valence-electron chi connectivity index (χ2n) is 7.85. The molecule has 1 aromatic heterocycles. The molecule has 34 heavy (non-hydrogen) atoms. The molecule has 0 aliphatic carbocycles. The van der Waals surface area contributed by atoms with Crippen LogP contribution in [0.5, 0.6) is 11.5 Å². The van der Waals surface area contributed by atoms with E-state index in [2.05, 4.69) is 9.97 Å². The second-order valence-corrected chi connectivity index (χ2v) is 7.85. The van der Waals surface area contributed by atoms with Gasteiger partial charge in [0.15, 0.2) is 29.0 Å². The largest absolute Gasteiger partial charge is 0.493 e. The van der Waals surface area contributed by atoms with Crippen LogP contribution in [-0.4, -0.2) is 61.2 Å². The molecule has 1 amide bonds. The number of aryl methyl sites for hydroxylation is 1. The summed E-state index contributed by atoms with van der Waals surface area (Å²) in [4.78, 5) is 24.8. The number of rotatable bonds is 6. The molecule has 3 aromatic rings. The topological polar surface area (TPSA) is 93.8 Å². The van der Waals surface area contributed by atoms with E-state index < -0.39 is 17.5 Å². The highest BCUT2D eigenvalue weighted by molar-refractivity contribution is 5.92. The van der Waals surface area contributed by atoms with Crippen molar-refractivity contribution in [3.63, 3.8) is 0 Å². The van der Waals surface area contributed by atoms with Crippen molar-refractivity contribution < 1.29 is 27.4 Å². The van der Waals surface area contributed by atoms with Crippen LogP contribution in [0.25, 0.3) is 10.9 Å². The van der Waals surface area contributed by atoms with Crippen molar-refractivity contribution in [2.24, 2.45) is 0 Å². The Bertz CT molecular complexity index is 1230. The molecule has 1 aliphatic heterocycles. The molecule has 0 bridgehead atoms. The number of carbonyl (C=O) groups is 1. The van der Waals surface area contributed by atoms with Crippen LogP contribution in [0.3, 0.4) is 0 Å². The fourth-order valence-corrected chi connectivity index (χ4v) is 3.94. The summed E-state index contributed by atoms with van der Waals surface area (Å²) in [6.45, 7) is 1.67. The van der Waals surface area contributed by atoms with Gasteiger partial charge < -0.3 is 25.0 Å². The lowest BCUT2D eigenvalue weighted by molar-refractivity contribution is -0.131. The van der Waals surface area contributed by atoms with Gasteiger partial charge in [-0.25, -0.2) is 18.2 Å². The van der Waals surface area contributed by atoms with Gasteiger partial charge in [-0.1, -0.05) is 6.07 Å². The highest BCUT2D eigenvalue weighted by Gasteiger charge is 2.25. The molecule has 0 radical (unpaired) electrons. The lowest BCUT2D eigenvalue weighted by Gasteiger charge is -2.35. The zero-order chi connectivity index (χ0) is 24.4. The van der Waals surface area contributed by atoms with Crippen molar-refractivity contribution in [2.45, 2.75) is 12.8 Å². The van der Waals surface area contributed by atoms with Gasteiger partial charge in [-0.05, 0) is 30.2 Å². The van der Waals surface area contributed by atoms with Crippen molar-refractivity contribution in [3.8, 4) is 11.5 Å². The summed E-state index contributed by atoms with van der Waals surface area (Å²) in [5, 5.41) is 0.310. The quantitative estimate of drug-likeness (QED) is 0.586. The van der Waals surface area contributed by atoms with Crippen molar-refractivity contribution in [3.05, 3.63) is 47.3 Å². The molecule has 1 aliphatic rings. The fraction of sp³-hybridized carbons (Fsp3) is 0.348. The number of benzene rings is 2. The zero-order valence-electron chi connectivity index (χ0n) is 18.8. The van der Waals surface area contributed by atoms with Gasteiger partial charge in [0.2, 0.25) is 11.9 Å². The number of nitrogens with two attached hydrogens (primary N) is 1. The summed E-state index contributed by atoms with van der Waals surface area (Å²) in [6, 6.07) is 5.15. The molecule has 2 N–H and O–H groups in total. The van der Waals surface area contributed by atoms with Crippen LogP contribution in [0, 0.1) is 17.5 Å². The van der Waals surface area contributed by atoms with Crippen molar-refractivity contribution in [1.82, 2.24) is 14.9 Å². The van der Waals surface area contributed by atoms with E-state index in [-0.39, 0.29) is 41.1 Å². The first-order valence-corrected chi connectivity index (χ1v) is 10.7. The van der Waals surface area contributed by atoms with Gasteiger partial charge in [0.1, 0.15) is 11.3 Å². The average molecular weight is 475 g/mol. The molecule has 0 unspecified atom stereocenters. The Labute approximate surface area is 194 Å². The van der Waals surface area contributed by atoms with Gasteiger partial charge in [0.25, 0.3) is 0 Å². The predicted molar refractivity (Wildman–Crippen MR) is 120 cm³/mol. The minimum absolute atomic E-state index is 0.0187. The van der Waals surface area contributed by atoms with Crippen LogP contribution in [-0.2, 0) is 11.2 Å². The summed E-state index contributed by atoms with van der Waals surface area (Å²) in [6.07, 6.45) is 0.489. The average Bonchev–Trinajstić information content (AvgIpc) is 2.84. The maximum absolute atomic E-state index is 15.0. The molecular formula is C23H24F3N5O3. The number of hydrogen-bond donors (Lipinski definition) is 1. The number of anilines is 2. The second kappa shape index (κ2) is 9.62. The minimum Gasteiger partial charge on any atom is -0.493 e. The van der Waals surface area contributed by atoms with E-state index in [0.717, 1.165) is 12.1 Å². The van der Waals surface area contributed by atoms with E-state index >= 15 is 4.39 Å². The van der Waals surface area contributed by atoms with Gasteiger partial charge in [-0.15, -0.1) is 0 Å². The number of piperazine rings is 1. The van der Waals surface area contributed by atoms with Crippen LogP contribution in [0.15, 0.2) is 24.3 Å². The molecule has 180 valence electrons. The number of methoxy groups -OCH3 is 2. The van der Waals surface area contributed by atoms with E-state index in [4.69, 9.17) is 15.2 Å². The third-order valence-electron chi connectivity index (χ3n) is 5.82. The highest BCUT2D eigenvalue weighted by atomic mass is 19.2. The first kappa shape index (κ1) is 23.4. The Morgan fingerprint density at radius 1 is 1.03 bits per heavy atom. The number of carbonyl (C=O) groups excluding carboxylic acids is 1.